The highest BCUT2D eigenvalue weighted by atomic mass is 32.2. The third-order valence-corrected chi connectivity index (χ3v) is 7.72. The van der Waals surface area contributed by atoms with Gasteiger partial charge in [0.05, 0.1) is 29.5 Å². The molecule has 170 valence electrons. The molecule has 4 rings (SSSR count). The number of anilines is 2. The van der Waals surface area contributed by atoms with E-state index in [4.69, 9.17) is 9.47 Å². The molecule has 3 aromatic carbocycles. The average Bonchev–Trinajstić information content (AvgIpc) is 3.25. The van der Waals surface area contributed by atoms with Gasteiger partial charge in [-0.3, -0.25) is 14.4 Å². The van der Waals surface area contributed by atoms with E-state index in [0.29, 0.717) is 33.4 Å². The summed E-state index contributed by atoms with van der Waals surface area (Å²) in [7, 11) is 0.828. The normalized spacial score (nSPS) is 11.2. The molecule has 0 bridgehead atoms. The first-order valence-electron chi connectivity index (χ1n) is 9.81. The molecule has 0 aliphatic heterocycles. The fourth-order valence-electron chi connectivity index (χ4n) is 3.18. The first-order chi connectivity index (χ1) is 15.8. The van der Waals surface area contributed by atoms with Crippen molar-refractivity contribution >= 4 is 48.3 Å². The Labute approximate surface area is 195 Å². The van der Waals surface area contributed by atoms with E-state index in [1.807, 2.05) is 12.1 Å². The van der Waals surface area contributed by atoms with Crippen LogP contribution in [0.2, 0.25) is 0 Å². The zero-order chi connectivity index (χ0) is 23.6. The van der Waals surface area contributed by atoms with Crippen LogP contribution in [0.5, 0.6) is 11.5 Å². The predicted molar refractivity (Wildman–Crippen MR) is 129 cm³/mol. The van der Waals surface area contributed by atoms with Crippen molar-refractivity contribution in [3.05, 3.63) is 72.3 Å². The van der Waals surface area contributed by atoms with Crippen molar-refractivity contribution in [1.82, 2.24) is 4.98 Å². The SMILES string of the molecule is COc1cc(OC)c2nc(NC(=O)c3ccc(S(=O)(=O)N(C)c4ccccc4)cc3)sc2c1. The van der Waals surface area contributed by atoms with Gasteiger partial charge in [0.1, 0.15) is 17.0 Å². The van der Waals surface area contributed by atoms with Crippen molar-refractivity contribution in [3.8, 4) is 11.5 Å². The third kappa shape index (κ3) is 4.48. The molecular formula is C23H21N3O5S2. The number of carbonyl (C=O) groups is 1. The lowest BCUT2D eigenvalue weighted by molar-refractivity contribution is 0.102. The number of methoxy groups -OCH3 is 2. The van der Waals surface area contributed by atoms with Gasteiger partial charge in [-0.2, -0.15) is 0 Å². The summed E-state index contributed by atoms with van der Waals surface area (Å²) in [5.74, 6) is 0.761. The van der Waals surface area contributed by atoms with E-state index < -0.39 is 15.9 Å². The Morgan fingerprint density at radius 3 is 2.33 bits per heavy atom. The Morgan fingerprint density at radius 2 is 1.70 bits per heavy atom. The summed E-state index contributed by atoms with van der Waals surface area (Å²) in [6.45, 7) is 0. The molecule has 0 fully saturated rings. The fraction of sp³-hybridized carbons (Fsp3) is 0.130. The number of nitrogens with zero attached hydrogens (tertiary/aromatic N) is 2. The number of carbonyl (C=O) groups excluding carboxylic acids is 1. The highest BCUT2D eigenvalue weighted by Gasteiger charge is 2.22. The molecule has 4 aromatic rings. The molecule has 10 heteroatoms. The van der Waals surface area contributed by atoms with Crippen molar-refractivity contribution in [2.24, 2.45) is 0 Å². The van der Waals surface area contributed by atoms with Crippen LogP contribution in [0.15, 0.2) is 71.6 Å². The minimum atomic E-state index is -3.76. The van der Waals surface area contributed by atoms with Crippen molar-refractivity contribution < 1.29 is 22.7 Å². The molecule has 0 saturated heterocycles. The molecule has 0 radical (unpaired) electrons. The van der Waals surface area contributed by atoms with Crippen LogP contribution in [0, 0.1) is 0 Å². The van der Waals surface area contributed by atoms with Crippen molar-refractivity contribution in [3.63, 3.8) is 0 Å². The Balaban J connectivity index is 1.54. The minimum absolute atomic E-state index is 0.0854. The van der Waals surface area contributed by atoms with E-state index in [0.717, 1.165) is 4.70 Å². The summed E-state index contributed by atoms with van der Waals surface area (Å²) in [6.07, 6.45) is 0. The maximum atomic E-state index is 12.9. The molecule has 0 spiro atoms. The molecule has 33 heavy (non-hydrogen) atoms. The van der Waals surface area contributed by atoms with Gasteiger partial charge >= 0.3 is 0 Å². The Bertz CT molecular complexity index is 1400. The van der Waals surface area contributed by atoms with Gasteiger partial charge in [0.2, 0.25) is 0 Å². The van der Waals surface area contributed by atoms with E-state index in [9.17, 15) is 13.2 Å². The monoisotopic (exact) mass is 483 g/mol. The number of hydrogen-bond acceptors (Lipinski definition) is 7. The zero-order valence-corrected chi connectivity index (χ0v) is 19.7. The van der Waals surface area contributed by atoms with Crippen LogP contribution < -0.4 is 19.1 Å². The van der Waals surface area contributed by atoms with Crippen LogP contribution in [-0.2, 0) is 10.0 Å². The lowest BCUT2D eigenvalue weighted by Crippen LogP contribution is -2.26. The van der Waals surface area contributed by atoms with E-state index in [1.165, 1.54) is 54.1 Å². The Kier molecular flexibility index (Phi) is 6.21. The number of sulfonamides is 1. The van der Waals surface area contributed by atoms with Gasteiger partial charge in [-0.1, -0.05) is 29.5 Å². The summed E-state index contributed by atoms with van der Waals surface area (Å²) in [4.78, 5) is 17.3. The van der Waals surface area contributed by atoms with Gasteiger partial charge in [0.15, 0.2) is 5.13 Å². The standard InChI is InChI=1S/C23H21N3O5S2/c1-26(16-7-5-4-6-8-16)33(28,29)18-11-9-15(10-12-18)22(27)25-23-24-21-19(31-3)13-17(30-2)14-20(21)32-23/h4-14H,1-3H3,(H,24,25,27). The first-order valence-corrected chi connectivity index (χ1v) is 12.1. The van der Waals surface area contributed by atoms with Gasteiger partial charge in [-0.15, -0.1) is 0 Å². The highest BCUT2D eigenvalue weighted by molar-refractivity contribution is 7.92. The second-order valence-electron chi connectivity index (χ2n) is 6.98. The largest absolute Gasteiger partial charge is 0.497 e. The second kappa shape index (κ2) is 9.08. The van der Waals surface area contributed by atoms with Crippen LogP contribution in [-0.4, -0.2) is 40.6 Å². The number of para-hydroxylation sites is 1. The number of ether oxygens (including phenoxy) is 2. The van der Waals surface area contributed by atoms with E-state index in [-0.39, 0.29) is 4.90 Å². The summed E-state index contributed by atoms with van der Waals surface area (Å²) in [5.41, 5.74) is 1.46. The quantitative estimate of drug-likeness (QED) is 0.419. The molecule has 0 unspecified atom stereocenters. The molecule has 0 saturated carbocycles. The maximum absolute atomic E-state index is 12.9. The van der Waals surface area contributed by atoms with Crippen molar-refractivity contribution in [2.45, 2.75) is 4.90 Å². The number of thiazole rings is 1. The Hall–Kier alpha value is -3.63. The second-order valence-corrected chi connectivity index (χ2v) is 9.98. The molecule has 0 aliphatic rings. The summed E-state index contributed by atoms with van der Waals surface area (Å²) >= 11 is 1.28. The van der Waals surface area contributed by atoms with Crippen LogP contribution >= 0.6 is 11.3 Å². The number of nitrogens with one attached hydrogen (secondary N) is 1. The molecular weight excluding hydrogens is 462 g/mol. The lowest BCUT2D eigenvalue weighted by atomic mass is 10.2. The number of benzene rings is 3. The van der Waals surface area contributed by atoms with E-state index in [1.54, 1.807) is 37.4 Å². The molecule has 0 aliphatic carbocycles. The van der Waals surface area contributed by atoms with Gasteiger partial charge < -0.3 is 9.47 Å². The van der Waals surface area contributed by atoms with Crippen LogP contribution in [0.1, 0.15) is 10.4 Å². The van der Waals surface area contributed by atoms with Crippen molar-refractivity contribution in [2.75, 3.05) is 30.9 Å². The lowest BCUT2D eigenvalue weighted by Gasteiger charge is -2.19. The third-order valence-electron chi connectivity index (χ3n) is 5.00. The number of aromatic nitrogens is 1. The molecule has 0 atom stereocenters. The molecule has 1 heterocycles. The first kappa shape index (κ1) is 22.6. The zero-order valence-electron chi connectivity index (χ0n) is 18.1. The number of fused-ring (bicyclic) bond motifs is 1. The van der Waals surface area contributed by atoms with E-state index >= 15 is 0 Å². The minimum Gasteiger partial charge on any atom is -0.497 e. The van der Waals surface area contributed by atoms with E-state index in [2.05, 4.69) is 10.3 Å². The molecule has 1 N–H and O–H groups in total. The van der Waals surface area contributed by atoms with Gasteiger partial charge in [0.25, 0.3) is 15.9 Å². The molecule has 1 aromatic heterocycles. The van der Waals surface area contributed by atoms with Crippen LogP contribution in [0.25, 0.3) is 10.2 Å². The number of hydrogen-bond donors (Lipinski definition) is 1. The topological polar surface area (TPSA) is 97.8 Å². The molecule has 1 amide bonds. The van der Waals surface area contributed by atoms with Crippen molar-refractivity contribution in [1.29, 1.82) is 0 Å². The number of amides is 1. The summed E-state index contributed by atoms with van der Waals surface area (Å²) in [5, 5.41) is 3.15. The highest BCUT2D eigenvalue weighted by Crippen LogP contribution is 2.36. The van der Waals surface area contributed by atoms with Gasteiger partial charge in [-0.05, 0) is 42.5 Å². The average molecular weight is 484 g/mol. The predicted octanol–water partition coefficient (Wildman–Crippen LogP) is 4.39. The number of rotatable bonds is 7. The van der Waals surface area contributed by atoms with Gasteiger partial charge in [0, 0.05) is 18.7 Å². The maximum Gasteiger partial charge on any atom is 0.264 e. The van der Waals surface area contributed by atoms with Crippen LogP contribution in [0.4, 0.5) is 10.8 Å². The Morgan fingerprint density at radius 1 is 1.00 bits per heavy atom. The fourth-order valence-corrected chi connectivity index (χ4v) is 5.29. The van der Waals surface area contributed by atoms with Crippen LogP contribution in [0.3, 0.4) is 0 Å². The smallest absolute Gasteiger partial charge is 0.264 e. The van der Waals surface area contributed by atoms with Gasteiger partial charge in [-0.25, -0.2) is 13.4 Å². The summed E-state index contributed by atoms with van der Waals surface area (Å²) < 4.78 is 38.4. The summed E-state index contributed by atoms with van der Waals surface area (Å²) in [6, 6.07) is 18.1. The molecule has 8 nitrogen and oxygen atoms in total.